The minimum absolute atomic E-state index is 0.367. The molecular formula is C18H29N. The van der Waals surface area contributed by atoms with Gasteiger partial charge in [-0.15, -0.1) is 0 Å². The van der Waals surface area contributed by atoms with Crippen LogP contribution in [0.15, 0.2) is 24.3 Å². The minimum Gasteiger partial charge on any atom is -0.330 e. The SMILES string of the molecule is CC1CCC(CN)(Cc2ccc(C(C)C)cc2)CC1. The first-order valence-electron chi connectivity index (χ1n) is 7.83. The van der Waals surface area contributed by atoms with E-state index in [9.17, 15) is 0 Å². The van der Waals surface area contributed by atoms with Gasteiger partial charge >= 0.3 is 0 Å². The molecule has 0 atom stereocenters. The van der Waals surface area contributed by atoms with Crippen LogP contribution in [0.1, 0.15) is 63.5 Å². The number of nitrogens with two attached hydrogens (primary N) is 1. The van der Waals surface area contributed by atoms with Crippen LogP contribution in [-0.4, -0.2) is 6.54 Å². The molecule has 1 heteroatoms. The lowest BCUT2D eigenvalue weighted by Gasteiger charge is -2.39. The Kier molecular flexibility index (Phi) is 4.67. The molecule has 0 spiro atoms. The Morgan fingerprint density at radius 3 is 2.21 bits per heavy atom. The van der Waals surface area contributed by atoms with Gasteiger partial charge in [-0.1, -0.05) is 57.9 Å². The van der Waals surface area contributed by atoms with Gasteiger partial charge in [-0.05, 0) is 54.2 Å². The monoisotopic (exact) mass is 259 g/mol. The fourth-order valence-corrected chi connectivity index (χ4v) is 3.28. The largest absolute Gasteiger partial charge is 0.330 e. The molecule has 0 aromatic heterocycles. The summed E-state index contributed by atoms with van der Waals surface area (Å²) in [5.74, 6) is 1.51. The minimum atomic E-state index is 0.367. The van der Waals surface area contributed by atoms with Gasteiger partial charge in [0.15, 0.2) is 0 Å². The molecule has 0 bridgehead atoms. The van der Waals surface area contributed by atoms with Crippen molar-refractivity contribution < 1.29 is 0 Å². The topological polar surface area (TPSA) is 26.0 Å². The Morgan fingerprint density at radius 2 is 1.74 bits per heavy atom. The van der Waals surface area contributed by atoms with E-state index in [1.165, 1.54) is 36.8 Å². The van der Waals surface area contributed by atoms with E-state index in [1.54, 1.807) is 0 Å². The van der Waals surface area contributed by atoms with E-state index in [2.05, 4.69) is 45.0 Å². The Morgan fingerprint density at radius 1 is 1.16 bits per heavy atom. The number of rotatable bonds is 4. The summed E-state index contributed by atoms with van der Waals surface area (Å²) < 4.78 is 0. The second-order valence-electron chi connectivity index (χ2n) is 6.96. The van der Waals surface area contributed by atoms with Crippen molar-refractivity contribution in [2.45, 2.75) is 58.8 Å². The summed E-state index contributed by atoms with van der Waals surface area (Å²) in [6.45, 7) is 7.71. The van der Waals surface area contributed by atoms with Gasteiger partial charge in [-0.3, -0.25) is 0 Å². The van der Waals surface area contributed by atoms with Crippen LogP contribution in [0.3, 0.4) is 0 Å². The van der Waals surface area contributed by atoms with Crippen molar-refractivity contribution in [1.29, 1.82) is 0 Å². The van der Waals surface area contributed by atoms with Crippen molar-refractivity contribution in [2.75, 3.05) is 6.54 Å². The van der Waals surface area contributed by atoms with Crippen LogP contribution in [-0.2, 0) is 6.42 Å². The van der Waals surface area contributed by atoms with Crippen molar-refractivity contribution in [3.05, 3.63) is 35.4 Å². The quantitative estimate of drug-likeness (QED) is 0.846. The van der Waals surface area contributed by atoms with Gasteiger partial charge in [0.25, 0.3) is 0 Å². The summed E-state index contributed by atoms with van der Waals surface area (Å²) in [7, 11) is 0. The van der Waals surface area contributed by atoms with Crippen molar-refractivity contribution in [3.63, 3.8) is 0 Å². The summed E-state index contributed by atoms with van der Waals surface area (Å²) in [6, 6.07) is 9.20. The molecule has 0 unspecified atom stereocenters. The van der Waals surface area contributed by atoms with Gasteiger partial charge in [-0.2, -0.15) is 0 Å². The van der Waals surface area contributed by atoms with Crippen molar-refractivity contribution >= 4 is 0 Å². The summed E-state index contributed by atoms with van der Waals surface area (Å²) in [4.78, 5) is 0. The van der Waals surface area contributed by atoms with Gasteiger partial charge in [-0.25, -0.2) is 0 Å². The number of benzene rings is 1. The van der Waals surface area contributed by atoms with E-state index in [0.29, 0.717) is 11.3 Å². The van der Waals surface area contributed by atoms with Gasteiger partial charge in [0, 0.05) is 0 Å². The smallest absolute Gasteiger partial charge is 0.00173 e. The van der Waals surface area contributed by atoms with Gasteiger partial charge < -0.3 is 5.73 Å². The molecule has 0 heterocycles. The molecule has 2 rings (SSSR count). The second kappa shape index (κ2) is 6.09. The third kappa shape index (κ3) is 3.60. The number of hydrogen-bond donors (Lipinski definition) is 1. The summed E-state index contributed by atoms with van der Waals surface area (Å²) >= 11 is 0. The standard InChI is InChI=1S/C18H29N/c1-14(2)17-6-4-16(5-7-17)12-18(13-19)10-8-15(3)9-11-18/h4-7,14-15H,8-13,19H2,1-3H3. The van der Waals surface area contributed by atoms with Crippen molar-refractivity contribution in [2.24, 2.45) is 17.1 Å². The molecule has 1 aliphatic rings. The van der Waals surface area contributed by atoms with E-state index in [0.717, 1.165) is 18.9 Å². The highest BCUT2D eigenvalue weighted by molar-refractivity contribution is 5.25. The third-order valence-corrected chi connectivity index (χ3v) is 4.99. The molecule has 0 saturated heterocycles. The molecule has 0 amide bonds. The Labute approximate surface area is 118 Å². The fourth-order valence-electron chi connectivity index (χ4n) is 3.28. The predicted molar refractivity (Wildman–Crippen MR) is 83.4 cm³/mol. The highest BCUT2D eigenvalue weighted by Crippen LogP contribution is 2.40. The molecule has 1 saturated carbocycles. The number of hydrogen-bond acceptors (Lipinski definition) is 1. The highest BCUT2D eigenvalue weighted by Gasteiger charge is 2.32. The van der Waals surface area contributed by atoms with E-state index in [4.69, 9.17) is 5.73 Å². The zero-order valence-electron chi connectivity index (χ0n) is 12.8. The molecule has 2 N–H and O–H groups in total. The van der Waals surface area contributed by atoms with Crippen LogP contribution in [0.4, 0.5) is 0 Å². The molecule has 19 heavy (non-hydrogen) atoms. The van der Waals surface area contributed by atoms with E-state index >= 15 is 0 Å². The lowest BCUT2D eigenvalue weighted by Crippen LogP contribution is -2.36. The predicted octanol–water partition coefficient (Wildman–Crippen LogP) is 4.51. The third-order valence-electron chi connectivity index (χ3n) is 4.99. The van der Waals surface area contributed by atoms with Crippen LogP contribution in [0, 0.1) is 11.3 Å². The first-order valence-corrected chi connectivity index (χ1v) is 7.83. The van der Waals surface area contributed by atoms with Gasteiger partial charge in [0.2, 0.25) is 0 Å². The molecule has 1 aliphatic carbocycles. The normalized spacial score (nSPS) is 27.7. The Bertz CT molecular complexity index is 383. The molecule has 0 aliphatic heterocycles. The maximum Gasteiger partial charge on any atom is -0.00173 e. The summed E-state index contributed by atoms with van der Waals surface area (Å²) in [6.07, 6.45) is 6.46. The van der Waals surface area contributed by atoms with E-state index in [1.807, 2.05) is 0 Å². The van der Waals surface area contributed by atoms with Crippen molar-refractivity contribution in [3.8, 4) is 0 Å². The van der Waals surface area contributed by atoms with Gasteiger partial charge in [0.1, 0.15) is 0 Å². The Balaban J connectivity index is 2.06. The molecule has 1 nitrogen and oxygen atoms in total. The molecule has 1 fully saturated rings. The summed E-state index contributed by atoms with van der Waals surface area (Å²) in [5, 5.41) is 0. The molecule has 106 valence electrons. The van der Waals surface area contributed by atoms with Crippen LogP contribution >= 0.6 is 0 Å². The van der Waals surface area contributed by atoms with Gasteiger partial charge in [0.05, 0.1) is 0 Å². The van der Waals surface area contributed by atoms with Crippen LogP contribution in [0.25, 0.3) is 0 Å². The maximum atomic E-state index is 6.11. The molecule has 0 radical (unpaired) electrons. The van der Waals surface area contributed by atoms with Crippen LogP contribution < -0.4 is 5.73 Å². The molecular weight excluding hydrogens is 230 g/mol. The summed E-state index contributed by atoms with van der Waals surface area (Å²) in [5.41, 5.74) is 9.37. The first kappa shape index (κ1) is 14.6. The zero-order valence-corrected chi connectivity index (χ0v) is 12.8. The fraction of sp³-hybridized carbons (Fsp3) is 0.667. The lowest BCUT2D eigenvalue weighted by atomic mass is 9.68. The lowest BCUT2D eigenvalue weighted by molar-refractivity contribution is 0.163. The Hall–Kier alpha value is -0.820. The average molecular weight is 259 g/mol. The molecule has 1 aromatic rings. The highest BCUT2D eigenvalue weighted by atomic mass is 14.6. The maximum absolute atomic E-state index is 6.11. The van der Waals surface area contributed by atoms with Crippen LogP contribution in [0.2, 0.25) is 0 Å². The van der Waals surface area contributed by atoms with E-state index in [-0.39, 0.29) is 0 Å². The first-order chi connectivity index (χ1) is 9.04. The average Bonchev–Trinajstić information content (AvgIpc) is 2.42. The zero-order chi connectivity index (χ0) is 13.9. The van der Waals surface area contributed by atoms with Crippen molar-refractivity contribution in [1.82, 2.24) is 0 Å². The van der Waals surface area contributed by atoms with Crippen LogP contribution in [0.5, 0.6) is 0 Å². The molecule has 1 aromatic carbocycles. The van der Waals surface area contributed by atoms with E-state index < -0.39 is 0 Å². The second-order valence-corrected chi connectivity index (χ2v) is 6.96.